The molecule has 3 rings (SSSR count). The molecule has 1 aromatic carbocycles. The van der Waals surface area contributed by atoms with Gasteiger partial charge in [0.2, 0.25) is 0 Å². The Morgan fingerprint density at radius 3 is 2.72 bits per heavy atom. The number of thiazole rings is 1. The fourth-order valence-electron chi connectivity index (χ4n) is 2.63. The van der Waals surface area contributed by atoms with E-state index in [4.69, 9.17) is 0 Å². The van der Waals surface area contributed by atoms with E-state index in [0.717, 1.165) is 41.2 Å². The number of carbonyl (C=O) groups excluding carboxylic acids is 1. The third kappa shape index (κ3) is 4.29. The summed E-state index contributed by atoms with van der Waals surface area (Å²) in [4.78, 5) is 18.8. The molecule has 0 saturated carbocycles. The zero-order valence-electron chi connectivity index (χ0n) is 13.4. The summed E-state index contributed by atoms with van der Waals surface area (Å²) in [5.41, 5.74) is 1.13. The lowest BCUT2D eigenvalue weighted by Crippen LogP contribution is -2.29. The molecule has 9 heteroatoms. The number of halogens is 3. The first-order valence-corrected chi connectivity index (χ1v) is 8.39. The van der Waals surface area contributed by atoms with E-state index in [1.54, 1.807) is 0 Å². The smallest absolute Gasteiger partial charge is 0.416 e. The maximum atomic E-state index is 12.6. The molecule has 2 heterocycles. The van der Waals surface area contributed by atoms with Crippen molar-refractivity contribution in [1.82, 2.24) is 9.88 Å². The van der Waals surface area contributed by atoms with Crippen molar-refractivity contribution in [2.24, 2.45) is 0 Å². The summed E-state index contributed by atoms with van der Waals surface area (Å²) in [6.07, 6.45) is -4.15. The van der Waals surface area contributed by atoms with Crippen molar-refractivity contribution in [2.45, 2.75) is 25.7 Å². The first-order valence-electron chi connectivity index (χ1n) is 7.57. The highest BCUT2D eigenvalue weighted by molar-refractivity contribution is 7.15. The van der Waals surface area contributed by atoms with Crippen molar-refractivity contribution in [1.29, 1.82) is 0 Å². The van der Waals surface area contributed by atoms with Crippen LogP contribution in [-0.4, -0.2) is 29.6 Å². The van der Waals surface area contributed by atoms with Gasteiger partial charge in [-0.2, -0.15) is 13.2 Å². The fraction of sp³-hybridized carbons (Fsp3) is 0.375. The Hall–Kier alpha value is -2.13. The predicted molar refractivity (Wildman–Crippen MR) is 87.4 cm³/mol. The number of benzene rings is 1. The van der Waals surface area contributed by atoms with Crippen molar-refractivity contribution in [3.63, 3.8) is 0 Å². The minimum absolute atomic E-state index is 0.494. The largest absolute Gasteiger partial charge is 0.453 e. The van der Waals surface area contributed by atoms with E-state index < -0.39 is 17.8 Å². The van der Waals surface area contributed by atoms with Crippen molar-refractivity contribution >= 4 is 22.6 Å². The number of hydrogen-bond acceptors (Lipinski definition) is 5. The molecule has 0 unspecified atom stereocenters. The molecule has 0 spiro atoms. The number of fused-ring (bicyclic) bond motifs is 1. The number of nitrogens with one attached hydrogen (secondary N) is 1. The molecule has 2 aromatic rings. The van der Waals surface area contributed by atoms with Crippen LogP contribution in [0.15, 0.2) is 24.3 Å². The quantitative estimate of drug-likeness (QED) is 0.889. The molecule has 1 aliphatic rings. The van der Waals surface area contributed by atoms with Crippen LogP contribution in [0.2, 0.25) is 0 Å². The lowest BCUT2D eigenvalue weighted by Gasteiger charge is -2.25. The van der Waals surface area contributed by atoms with Gasteiger partial charge in [0.25, 0.3) is 0 Å². The molecule has 1 N–H and O–H groups in total. The van der Waals surface area contributed by atoms with Crippen LogP contribution in [0.4, 0.5) is 23.1 Å². The standard InChI is InChI=1S/C16H16F3N3O2S/c1-24-15(23)21-14-20-12-6-7-22(9-13(12)25-14)8-10-2-4-11(5-3-10)16(17,18)19/h2-5H,6-9H2,1H3,(H,20,21,23). The fourth-order valence-corrected chi connectivity index (χ4v) is 3.67. The normalized spacial score (nSPS) is 14.9. The lowest BCUT2D eigenvalue weighted by molar-refractivity contribution is -0.137. The maximum Gasteiger partial charge on any atom is 0.416 e. The molecule has 0 bridgehead atoms. The number of nitrogens with zero attached hydrogens (tertiary/aromatic N) is 2. The highest BCUT2D eigenvalue weighted by Gasteiger charge is 2.30. The van der Waals surface area contributed by atoms with Crippen LogP contribution in [0, 0.1) is 0 Å². The van der Waals surface area contributed by atoms with Gasteiger partial charge in [0, 0.05) is 30.9 Å². The van der Waals surface area contributed by atoms with Crippen molar-refractivity contribution in [2.75, 3.05) is 19.0 Å². The SMILES string of the molecule is COC(=O)Nc1nc2c(s1)CN(Cc1ccc(C(F)(F)F)cc1)CC2. The van der Waals surface area contributed by atoms with E-state index in [2.05, 4.69) is 19.9 Å². The lowest BCUT2D eigenvalue weighted by atomic mass is 10.1. The van der Waals surface area contributed by atoms with Crippen LogP contribution in [0.25, 0.3) is 0 Å². The van der Waals surface area contributed by atoms with Crippen molar-refractivity contribution in [3.8, 4) is 0 Å². The number of alkyl halides is 3. The van der Waals surface area contributed by atoms with Gasteiger partial charge in [0.05, 0.1) is 18.4 Å². The molecule has 1 amide bonds. The van der Waals surface area contributed by atoms with E-state index in [0.29, 0.717) is 18.2 Å². The summed E-state index contributed by atoms with van der Waals surface area (Å²) in [6.45, 7) is 1.97. The topological polar surface area (TPSA) is 54.5 Å². The molecule has 0 saturated heterocycles. The van der Waals surface area contributed by atoms with E-state index in [9.17, 15) is 18.0 Å². The highest BCUT2D eigenvalue weighted by atomic mass is 32.1. The summed E-state index contributed by atoms with van der Waals surface area (Å²) in [5.74, 6) is 0. The van der Waals surface area contributed by atoms with Crippen molar-refractivity contribution < 1.29 is 22.7 Å². The number of anilines is 1. The van der Waals surface area contributed by atoms with Crippen LogP contribution in [0.3, 0.4) is 0 Å². The summed E-state index contributed by atoms with van der Waals surface area (Å²) >= 11 is 1.39. The highest BCUT2D eigenvalue weighted by Crippen LogP contribution is 2.31. The van der Waals surface area contributed by atoms with Crippen LogP contribution >= 0.6 is 11.3 Å². The third-order valence-corrected chi connectivity index (χ3v) is 4.89. The number of ether oxygens (including phenoxy) is 1. The second-order valence-corrected chi connectivity index (χ2v) is 6.74. The Kier molecular flexibility index (Phi) is 4.96. The number of hydrogen-bond donors (Lipinski definition) is 1. The monoisotopic (exact) mass is 371 g/mol. The van der Waals surface area contributed by atoms with Gasteiger partial charge in [-0.3, -0.25) is 10.2 Å². The number of carbonyl (C=O) groups is 1. The first kappa shape index (κ1) is 17.7. The zero-order valence-corrected chi connectivity index (χ0v) is 14.2. The van der Waals surface area contributed by atoms with Gasteiger partial charge in [-0.05, 0) is 17.7 Å². The second-order valence-electron chi connectivity index (χ2n) is 5.66. The first-order chi connectivity index (χ1) is 11.8. The van der Waals surface area contributed by atoms with E-state index in [1.807, 2.05) is 0 Å². The van der Waals surface area contributed by atoms with E-state index in [1.165, 1.54) is 30.6 Å². The summed E-state index contributed by atoms with van der Waals surface area (Å²) < 4.78 is 42.4. The van der Waals surface area contributed by atoms with Gasteiger partial charge in [-0.25, -0.2) is 9.78 Å². The molecule has 0 aliphatic carbocycles. The van der Waals surface area contributed by atoms with Gasteiger partial charge >= 0.3 is 12.3 Å². The van der Waals surface area contributed by atoms with Gasteiger partial charge in [-0.1, -0.05) is 23.5 Å². The van der Waals surface area contributed by atoms with Crippen LogP contribution in [0.5, 0.6) is 0 Å². The number of rotatable bonds is 3. The summed E-state index contributed by atoms with van der Waals surface area (Å²) in [7, 11) is 1.29. The summed E-state index contributed by atoms with van der Waals surface area (Å²) in [5, 5.41) is 3.05. The Morgan fingerprint density at radius 1 is 1.36 bits per heavy atom. The molecular weight excluding hydrogens is 355 g/mol. The van der Waals surface area contributed by atoms with Gasteiger partial charge in [0.1, 0.15) is 0 Å². The maximum absolute atomic E-state index is 12.6. The molecule has 5 nitrogen and oxygen atoms in total. The molecule has 1 aromatic heterocycles. The Morgan fingerprint density at radius 2 is 2.08 bits per heavy atom. The number of amides is 1. The molecule has 134 valence electrons. The minimum Gasteiger partial charge on any atom is -0.453 e. The van der Waals surface area contributed by atoms with E-state index >= 15 is 0 Å². The van der Waals surface area contributed by atoms with Gasteiger partial charge < -0.3 is 4.74 Å². The third-order valence-electron chi connectivity index (χ3n) is 3.89. The average molecular weight is 371 g/mol. The molecule has 0 radical (unpaired) electrons. The van der Waals surface area contributed by atoms with Crippen LogP contribution in [-0.2, 0) is 30.4 Å². The number of aromatic nitrogens is 1. The molecule has 0 fully saturated rings. The molecule has 0 atom stereocenters. The van der Waals surface area contributed by atoms with Crippen LogP contribution in [0.1, 0.15) is 21.7 Å². The molecular formula is C16H16F3N3O2S. The van der Waals surface area contributed by atoms with Crippen LogP contribution < -0.4 is 5.32 Å². The molecule has 25 heavy (non-hydrogen) atoms. The number of methoxy groups -OCH3 is 1. The Bertz CT molecular complexity index is 759. The zero-order chi connectivity index (χ0) is 18.0. The second kappa shape index (κ2) is 7.01. The predicted octanol–water partition coefficient (Wildman–Crippen LogP) is 3.90. The average Bonchev–Trinajstić information content (AvgIpc) is 2.95. The Labute approximate surface area is 146 Å². The van der Waals surface area contributed by atoms with Crippen molar-refractivity contribution in [3.05, 3.63) is 46.0 Å². The van der Waals surface area contributed by atoms with Gasteiger partial charge in [-0.15, -0.1) is 0 Å². The summed E-state index contributed by atoms with van der Waals surface area (Å²) in [6, 6.07) is 5.23. The Balaban J connectivity index is 1.64. The van der Waals surface area contributed by atoms with Gasteiger partial charge in [0.15, 0.2) is 5.13 Å². The molecule has 1 aliphatic heterocycles. The minimum atomic E-state index is -4.32. The van der Waals surface area contributed by atoms with E-state index in [-0.39, 0.29) is 0 Å².